The van der Waals surface area contributed by atoms with Gasteiger partial charge in [-0.15, -0.1) is 0 Å². The third kappa shape index (κ3) is 10.7. The van der Waals surface area contributed by atoms with Gasteiger partial charge >= 0.3 is 41.9 Å². The van der Waals surface area contributed by atoms with Crippen LogP contribution < -0.4 is 61.1 Å². The molecule has 2 fully saturated rings. The van der Waals surface area contributed by atoms with Gasteiger partial charge in [-0.2, -0.15) is 0 Å². The molecule has 14 rings (SSSR count). The second-order valence-corrected chi connectivity index (χ2v) is 24.0. The van der Waals surface area contributed by atoms with Gasteiger partial charge in [-0.1, -0.05) is 294 Å². The molecule has 0 saturated carbocycles. The summed E-state index contributed by atoms with van der Waals surface area (Å²) in [4.78, 5) is 0. The molecule has 0 amide bonds. The molecule has 418 valence electrons. The lowest BCUT2D eigenvalue weighted by Gasteiger charge is -2.57. The first-order chi connectivity index (χ1) is 43.4. The second-order valence-electron chi connectivity index (χ2n) is 24.0. The number of hydrogen-bond donors (Lipinski definition) is 0. The molecule has 0 bridgehead atoms. The fourth-order valence-corrected chi connectivity index (χ4v) is 13.8. The van der Waals surface area contributed by atoms with E-state index in [0.29, 0.717) is 0 Å². The van der Waals surface area contributed by atoms with Crippen molar-refractivity contribution in [1.29, 1.82) is 0 Å². The molecule has 2 saturated heterocycles. The number of benzene rings is 12. The van der Waals surface area contributed by atoms with Gasteiger partial charge in [0.05, 0.1) is 0 Å². The molecule has 88 heavy (non-hydrogen) atoms. The Hall–Kier alpha value is -10.2. The van der Waals surface area contributed by atoms with Crippen LogP contribution in [0.1, 0.15) is 26.3 Å². The Morgan fingerprint density at radius 3 is 0.693 bits per heavy atom. The van der Waals surface area contributed by atoms with E-state index in [1.54, 1.807) is 0 Å². The van der Waals surface area contributed by atoms with Crippen molar-refractivity contribution in [1.82, 2.24) is 0 Å². The third-order valence-corrected chi connectivity index (χ3v) is 17.5. The molecule has 6 nitrogen and oxygen atoms in total. The number of nitrogens with zero attached hydrogens (tertiary/aromatic N) is 6. The summed E-state index contributed by atoms with van der Waals surface area (Å²) in [5.74, 6) is 0. The number of rotatable bonds is 13. The Morgan fingerprint density at radius 2 is 0.432 bits per heavy atom. The number of hydrogen-bond acceptors (Lipinski definition) is 6. The predicted octanol–water partition coefficient (Wildman–Crippen LogP) is 12.7. The highest BCUT2D eigenvalue weighted by Gasteiger charge is 2.58. The molecule has 0 N–H and O–H groups in total. The maximum atomic E-state index is 2.69. The predicted molar refractivity (Wildman–Crippen MR) is 382 cm³/mol. The molecule has 2 aliphatic heterocycles. The van der Waals surface area contributed by atoms with E-state index in [-0.39, 0.29) is 47.3 Å². The van der Waals surface area contributed by atoms with E-state index >= 15 is 0 Å². The van der Waals surface area contributed by atoms with E-state index in [4.69, 9.17) is 0 Å². The Bertz CT molecular complexity index is 4030. The maximum Gasteiger partial charge on any atom is 0.388 e. The van der Waals surface area contributed by atoms with Gasteiger partial charge in [0.25, 0.3) is 0 Å². The van der Waals surface area contributed by atoms with Gasteiger partial charge in [-0.05, 0) is 128 Å². The zero-order valence-electron chi connectivity index (χ0n) is 50.1. The molecule has 2 aliphatic rings. The van der Waals surface area contributed by atoms with E-state index in [0.717, 1.165) is 39.7 Å². The lowest BCUT2D eigenvalue weighted by atomic mass is 9.37. The summed E-state index contributed by atoms with van der Waals surface area (Å²) in [5.41, 5.74) is 17.2. The van der Waals surface area contributed by atoms with Gasteiger partial charge in [-0.25, -0.2) is 0 Å². The number of anilines is 6. The monoisotopic (exact) mass is 1130 g/mol. The molecule has 12 aromatic rings. The van der Waals surface area contributed by atoms with Crippen molar-refractivity contribution in [3.8, 4) is 11.1 Å². The van der Waals surface area contributed by atoms with Gasteiger partial charge in [0.1, 0.15) is 0 Å². The summed E-state index contributed by atoms with van der Waals surface area (Å²) in [7, 11) is 0. The molecule has 0 radical (unpaired) electrons. The highest BCUT2D eigenvalue weighted by Crippen LogP contribution is 2.40. The first kappa shape index (κ1) is 55.7. The van der Waals surface area contributed by atoms with Crippen LogP contribution in [-0.2, 0) is 5.41 Å². The van der Waals surface area contributed by atoms with Crippen LogP contribution in [0.3, 0.4) is 0 Å². The SMILES string of the molecule is CC(C)(C)c1ccc(B2N(c3ccccc3)B(c3ccccc3)N(c3ccccc3)B(c3ccccc3)N2c2ccccc2)cc1-c1cccc(N2B(c3ccccc3)N(c3ccccc3)B(c3ccccc3)N(c3ccccc3)B2c2ccccc2)c1. The largest absolute Gasteiger partial charge is 0.416 e. The average Bonchev–Trinajstić information content (AvgIpc) is 0.881. The van der Waals surface area contributed by atoms with Crippen molar-refractivity contribution >= 4 is 109 Å². The zero-order valence-corrected chi connectivity index (χ0v) is 50.1. The molecule has 0 atom stereocenters. The van der Waals surface area contributed by atoms with Crippen LogP contribution >= 0.6 is 0 Å². The highest BCUT2D eigenvalue weighted by atomic mass is 15.3. The molecule has 0 unspecified atom stereocenters. The molecule has 2 heterocycles. The Kier molecular flexibility index (Phi) is 15.6. The smallest absolute Gasteiger partial charge is 0.388 e. The van der Waals surface area contributed by atoms with Crippen molar-refractivity contribution in [3.63, 3.8) is 0 Å². The standard InChI is InChI=1S/C76H66B6N6/c1-76(2,3)75-58-57-67(82-86(71-52-30-12-31-53-71)78(63-38-16-5-17-39-63)83(68-46-24-9-25-47-68)79(64-40-18-6-19-41-64)87(82)72-54-32-13-33-55-72)60-74(75)61-35-34-56-73(59-61)88-80(65-42-20-7-21-43-65)84(69-48-26-10-27-49-69)77(62-36-14-4-15-37-62)85(70-50-28-11-29-51-70)81(88)66-44-22-8-23-45-66/h4-60H,1-3H3. The Morgan fingerprint density at radius 1 is 0.205 bits per heavy atom. The van der Waals surface area contributed by atoms with Crippen molar-refractivity contribution in [2.75, 3.05) is 28.3 Å². The van der Waals surface area contributed by atoms with Gasteiger partial charge in [0.2, 0.25) is 0 Å². The Balaban J connectivity index is 1.03. The fourth-order valence-electron chi connectivity index (χ4n) is 13.8. The quantitative estimate of drug-likeness (QED) is 0.106. The molecule has 0 aromatic heterocycles. The van der Waals surface area contributed by atoms with Crippen LogP contribution in [0.5, 0.6) is 0 Å². The van der Waals surface area contributed by atoms with Crippen LogP contribution in [0.25, 0.3) is 11.1 Å². The van der Waals surface area contributed by atoms with Gasteiger partial charge in [0, 0.05) is 34.1 Å². The summed E-state index contributed by atoms with van der Waals surface area (Å²) >= 11 is 0. The van der Waals surface area contributed by atoms with E-state index in [2.05, 4.69) is 395 Å². The normalized spacial score (nSPS) is 13.8. The molecular formula is C76H66B6N6. The van der Waals surface area contributed by atoms with Crippen molar-refractivity contribution < 1.29 is 0 Å². The Labute approximate surface area is 522 Å². The maximum absolute atomic E-state index is 2.69. The van der Waals surface area contributed by atoms with Crippen LogP contribution in [-0.4, -0.2) is 41.9 Å². The van der Waals surface area contributed by atoms with Gasteiger partial charge < -0.3 is 28.3 Å². The van der Waals surface area contributed by atoms with Crippen molar-refractivity contribution in [2.45, 2.75) is 26.2 Å². The minimum absolute atomic E-state index is 0.237. The van der Waals surface area contributed by atoms with Crippen LogP contribution in [0.15, 0.2) is 346 Å². The third-order valence-electron chi connectivity index (χ3n) is 17.5. The molecule has 0 spiro atoms. The summed E-state index contributed by atoms with van der Waals surface area (Å²) < 4.78 is 16.0. The molecule has 12 aromatic carbocycles. The van der Waals surface area contributed by atoms with Gasteiger partial charge in [0.15, 0.2) is 0 Å². The molecule has 12 heteroatoms. The minimum atomic E-state index is -0.336. The van der Waals surface area contributed by atoms with Crippen molar-refractivity contribution in [3.05, 3.63) is 351 Å². The summed E-state index contributed by atoms with van der Waals surface area (Å²) in [6, 6.07) is 128. The first-order valence-corrected chi connectivity index (χ1v) is 30.8. The lowest BCUT2D eigenvalue weighted by molar-refractivity contribution is 0.592. The minimum Gasteiger partial charge on any atom is -0.416 e. The second kappa shape index (κ2) is 24.7. The highest BCUT2D eigenvalue weighted by molar-refractivity contribution is 7.16. The summed E-state index contributed by atoms with van der Waals surface area (Å²) in [6.45, 7) is 5.39. The number of para-hydroxylation sites is 5. The van der Waals surface area contributed by atoms with Crippen LogP contribution in [0.4, 0.5) is 34.1 Å². The van der Waals surface area contributed by atoms with E-state index in [1.165, 1.54) is 43.9 Å². The summed E-state index contributed by atoms with van der Waals surface area (Å²) in [5, 5.41) is 0. The van der Waals surface area contributed by atoms with Crippen molar-refractivity contribution in [2.24, 2.45) is 0 Å². The fraction of sp³-hybridized carbons (Fsp3) is 0.0526. The zero-order chi connectivity index (χ0) is 59.4. The average molecular weight is 1130 g/mol. The van der Waals surface area contributed by atoms with Crippen LogP contribution in [0, 0.1) is 0 Å². The van der Waals surface area contributed by atoms with Gasteiger partial charge in [-0.3, -0.25) is 0 Å². The van der Waals surface area contributed by atoms with Crippen LogP contribution in [0.2, 0.25) is 0 Å². The van der Waals surface area contributed by atoms with E-state index in [1.807, 2.05) is 0 Å². The molecular weight excluding hydrogens is 1060 g/mol. The first-order valence-electron chi connectivity index (χ1n) is 30.8. The topological polar surface area (TPSA) is 19.4 Å². The molecule has 0 aliphatic carbocycles. The van der Waals surface area contributed by atoms with E-state index in [9.17, 15) is 0 Å². The summed E-state index contributed by atoms with van der Waals surface area (Å²) in [6.07, 6.45) is 0. The lowest BCUT2D eigenvalue weighted by Crippen LogP contribution is -2.86. The van der Waals surface area contributed by atoms with E-state index < -0.39 is 0 Å².